The Morgan fingerprint density at radius 3 is 2.76 bits per heavy atom. The Hall–Kier alpha value is -3.26. The summed E-state index contributed by atoms with van der Waals surface area (Å²) in [6.45, 7) is 7.87. The highest BCUT2D eigenvalue weighted by Crippen LogP contribution is 2.24. The molecule has 0 bridgehead atoms. The third kappa shape index (κ3) is 5.76. The summed E-state index contributed by atoms with van der Waals surface area (Å²) in [5.41, 5.74) is 4.14. The molecule has 33 heavy (non-hydrogen) atoms. The van der Waals surface area contributed by atoms with Gasteiger partial charge in [-0.05, 0) is 62.6 Å². The minimum Gasteiger partial charge on any atom is -0.497 e. The van der Waals surface area contributed by atoms with Crippen molar-refractivity contribution in [3.05, 3.63) is 70.6 Å². The van der Waals surface area contributed by atoms with Crippen molar-refractivity contribution < 1.29 is 14.3 Å². The average Bonchev–Trinajstić information content (AvgIpc) is 3.14. The third-order valence-electron chi connectivity index (χ3n) is 5.82. The standard InChI is InChI=1S/C25H31N5O3/c1-17-12-21(13-20-6-5-7-22(14-20)32-4)15-23(26-17)24-16-29(10-11-33-24)25(31)8-9-30-19(3)27-18(2)28-30/h5-7,12,14-15,24H,8-11,13,16H2,1-4H3. The van der Waals surface area contributed by atoms with Crippen LogP contribution >= 0.6 is 0 Å². The summed E-state index contributed by atoms with van der Waals surface area (Å²) in [6.07, 6.45) is 0.931. The number of pyridine rings is 1. The predicted octanol–water partition coefficient (Wildman–Crippen LogP) is 3.19. The number of carbonyl (C=O) groups is 1. The first-order chi connectivity index (χ1) is 15.9. The monoisotopic (exact) mass is 449 g/mol. The molecule has 0 radical (unpaired) electrons. The van der Waals surface area contributed by atoms with Gasteiger partial charge in [-0.15, -0.1) is 0 Å². The van der Waals surface area contributed by atoms with Gasteiger partial charge >= 0.3 is 0 Å². The molecule has 4 rings (SSSR count). The van der Waals surface area contributed by atoms with Gasteiger partial charge in [0.05, 0.1) is 32.5 Å². The first-order valence-corrected chi connectivity index (χ1v) is 11.3. The van der Waals surface area contributed by atoms with Crippen molar-refractivity contribution in [2.45, 2.75) is 46.3 Å². The van der Waals surface area contributed by atoms with E-state index in [0.717, 1.165) is 40.8 Å². The summed E-state index contributed by atoms with van der Waals surface area (Å²) in [5.74, 6) is 2.49. The van der Waals surface area contributed by atoms with Crippen molar-refractivity contribution in [1.82, 2.24) is 24.6 Å². The molecule has 1 aliphatic rings. The van der Waals surface area contributed by atoms with Crippen LogP contribution in [0.5, 0.6) is 5.75 Å². The highest BCUT2D eigenvalue weighted by Gasteiger charge is 2.26. The summed E-state index contributed by atoms with van der Waals surface area (Å²) < 4.78 is 13.2. The van der Waals surface area contributed by atoms with Gasteiger partial charge in [-0.25, -0.2) is 9.67 Å². The highest BCUT2D eigenvalue weighted by atomic mass is 16.5. The first kappa shape index (κ1) is 22.9. The molecule has 0 spiro atoms. The summed E-state index contributed by atoms with van der Waals surface area (Å²) in [4.78, 5) is 23.8. The molecule has 1 atom stereocenters. The third-order valence-corrected chi connectivity index (χ3v) is 5.82. The summed E-state index contributed by atoms with van der Waals surface area (Å²) in [7, 11) is 1.68. The maximum atomic E-state index is 12.9. The fourth-order valence-electron chi connectivity index (χ4n) is 4.24. The summed E-state index contributed by atoms with van der Waals surface area (Å²) in [6, 6.07) is 12.3. The second kappa shape index (κ2) is 10.1. The van der Waals surface area contributed by atoms with Gasteiger partial charge in [0.25, 0.3) is 0 Å². The number of methoxy groups -OCH3 is 1. The van der Waals surface area contributed by atoms with Crippen LogP contribution < -0.4 is 4.74 Å². The number of amides is 1. The van der Waals surface area contributed by atoms with Crippen LogP contribution in [0.15, 0.2) is 36.4 Å². The topological polar surface area (TPSA) is 82.4 Å². The van der Waals surface area contributed by atoms with E-state index in [0.29, 0.717) is 32.7 Å². The number of benzene rings is 1. The Morgan fingerprint density at radius 2 is 2.00 bits per heavy atom. The van der Waals surface area contributed by atoms with Crippen molar-refractivity contribution >= 4 is 5.91 Å². The average molecular weight is 450 g/mol. The molecule has 1 amide bonds. The number of rotatable bonds is 7. The van der Waals surface area contributed by atoms with E-state index in [-0.39, 0.29) is 12.0 Å². The van der Waals surface area contributed by atoms with E-state index in [4.69, 9.17) is 14.5 Å². The van der Waals surface area contributed by atoms with Crippen molar-refractivity contribution in [3.8, 4) is 5.75 Å². The highest BCUT2D eigenvalue weighted by molar-refractivity contribution is 5.76. The second-order valence-electron chi connectivity index (χ2n) is 8.45. The van der Waals surface area contributed by atoms with E-state index in [9.17, 15) is 4.79 Å². The lowest BCUT2D eigenvalue weighted by atomic mass is 10.0. The number of nitrogens with zero attached hydrogens (tertiary/aromatic N) is 5. The van der Waals surface area contributed by atoms with Gasteiger partial charge in [0.15, 0.2) is 0 Å². The van der Waals surface area contributed by atoms with Gasteiger partial charge in [-0.3, -0.25) is 9.78 Å². The van der Waals surface area contributed by atoms with Crippen LogP contribution in [-0.4, -0.2) is 57.4 Å². The lowest BCUT2D eigenvalue weighted by Gasteiger charge is -2.33. The van der Waals surface area contributed by atoms with E-state index in [2.05, 4.69) is 28.3 Å². The summed E-state index contributed by atoms with van der Waals surface area (Å²) in [5, 5.41) is 4.35. The van der Waals surface area contributed by atoms with Gasteiger partial charge in [0, 0.05) is 18.7 Å². The molecule has 174 valence electrons. The molecule has 8 nitrogen and oxygen atoms in total. The second-order valence-corrected chi connectivity index (χ2v) is 8.45. The number of hydrogen-bond acceptors (Lipinski definition) is 6. The van der Waals surface area contributed by atoms with Crippen LogP contribution in [0.1, 0.15) is 46.7 Å². The number of carbonyl (C=O) groups excluding carboxylic acids is 1. The van der Waals surface area contributed by atoms with Crippen molar-refractivity contribution in [3.63, 3.8) is 0 Å². The largest absolute Gasteiger partial charge is 0.497 e. The van der Waals surface area contributed by atoms with Crippen LogP contribution in [0.3, 0.4) is 0 Å². The van der Waals surface area contributed by atoms with Gasteiger partial charge < -0.3 is 14.4 Å². The van der Waals surface area contributed by atoms with E-state index in [1.54, 1.807) is 11.8 Å². The number of aromatic nitrogens is 4. The molecule has 1 fully saturated rings. The molecule has 1 aliphatic heterocycles. The van der Waals surface area contributed by atoms with E-state index < -0.39 is 0 Å². The Labute approximate surface area is 194 Å². The minimum absolute atomic E-state index is 0.0973. The first-order valence-electron chi connectivity index (χ1n) is 11.3. The van der Waals surface area contributed by atoms with Crippen LogP contribution in [0, 0.1) is 20.8 Å². The fourth-order valence-corrected chi connectivity index (χ4v) is 4.24. The van der Waals surface area contributed by atoms with Crippen LogP contribution in [0.25, 0.3) is 0 Å². The van der Waals surface area contributed by atoms with Crippen molar-refractivity contribution in [1.29, 1.82) is 0 Å². The number of hydrogen-bond donors (Lipinski definition) is 0. The smallest absolute Gasteiger partial charge is 0.224 e. The molecule has 3 heterocycles. The molecule has 1 unspecified atom stereocenters. The maximum Gasteiger partial charge on any atom is 0.224 e. The predicted molar refractivity (Wildman–Crippen MR) is 124 cm³/mol. The van der Waals surface area contributed by atoms with E-state index in [1.165, 1.54) is 5.56 Å². The van der Waals surface area contributed by atoms with Crippen LogP contribution in [0.2, 0.25) is 0 Å². The van der Waals surface area contributed by atoms with E-state index >= 15 is 0 Å². The summed E-state index contributed by atoms with van der Waals surface area (Å²) >= 11 is 0. The number of ether oxygens (including phenoxy) is 2. The Morgan fingerprint density at radius 1 is 1.15 bits per heavy atom. The van der Waals surface area contributed by atoms with Gasteiger partial charge in [0.1, 0.15) is 23.5 Å². The van der Waals surface area contributed by atoms with Crippen molar-refractivity contribution in [2.24, 2.45) is 0 Å². The zero-order chi connectivity index (χ0) is 23.4. The number of morpholine rings is 1. The molecular formula is C25H31N5O3. The number of aryl methyl sites for hydroxylation is 4. The zero-order valence-corrected chi connectivity index (χ0v) is 19.7. The molecule has 8 heteroatoms. The maximum absolute atomic E-state index is 12.9. The van der Waals surface area contributed by atoms with Gasteiger partial charge in [0.2, 0.25) is 5.91 Å². The van der Waals surface area contributed by atoms with Gasteiger partial charge in [-0.1, -0.05) is 12.1 Å². The molecule has 1 saturated heterocycles. The molecular weight excluding hydrogens is 418 g/mol. The molecule has 0 saturated carbocycles. The van der Waals surface area contributed by atoms with E-state index in [1.807, 2.05) is 43.9 Å². The lowest BCUT2D eigenvalue weighted by molar-refractivity contribution is -0.139. The molecule has 1 aromatic carbocycles. The molecule has 0 N–H and O–H groups in total. The molecule has 3 aromatic rings. The quantitative estimate of drug-likeness (QED) is 0.551. The van der Waals surface area contributed by atoms with Gasteiger partial charge in [-0.2, -0.15) is 5.10 Å². The Bertz CT molecular complexity index is 1130. The van der Waals surface area contributed by atoms with Crippen molar-refractivity contribution in [2.75, 3.05) is 26.8 Å². The Balaban J connectivity index is 1.42. The minimum atomic E-state index is -0.234. The normalized spacial score (nSPS) is 16.1. The lowest BCUT2D eigenvalue weighted by Crippen LogP contribution is -2.42. The zero-order valence-electron chi connectivity index (χ0n) is 19.7. The molecule has 0 aliphatic carbocycles. The molecule has 2 aromatic heterocycles. The SMILES string of the molecule is COc1cccc(Cc2cc(C)nc(C3CN(C(=O)CCn4nc(C)nc4C)CCO3)c2)c1. The Kier molecular flexibility index (Phi) is 7.03. The van der Waals surface area contributed by atoms with Crippen LogP contribution in [-0.2, 0) is 22.5 Å². The fraction of sp³-hybridized carbons (Fsp3) is 0.440. The van der Waals surface area contributed by atoms with Crippen LogP contribution in [0.4, 0.5) is 0 Å².